The Morgan fingerprint density at radius 2 is 1.94 bits per heavy atom. The van der Waals surface area contributed by atoms with Crippen LogP contribution in [-0.4, -0.2) is 33.3 Å². The number of non-ortho nitro benzene ring substituents is 1. The van der Waals surface area contributed by atoms with E-state index in [1.807, 2.05) is 0 Å². The van der Waals surface area contributed by atoms with Crippen molar-refractivity contribution < 1.29 is 19.2 Å². The van der Waals surface area contributed by atoms with E-state index in [1.54, 1.807) is 19.1 Å². The minimum absolute atomic E-state index is 0.00700. The minimum atomic E-state index is -1.18. The number of anilines is 4. The molecule has 0 radical (unpaired) electrons. The van der Waals surface area contributed by atoms with E-state index >= 15 is 0 Å². The Balaban J connectivity index is 1.64. The maximum atomic E-state index is 13.1. The normalized spacial score (nSPS) is 14.4. The van der Waals surface area contributed by atoms with Crippen molar-refractivity contribution in [3.05, 3.63) is 72.5 Å². The first kappa shape index (κ1) is 24.9. The summed E-state index contributed by atoms with van der Waals surface area (Å²) in [5.41, 5.74) is -0.319. The second-order valence-corrected chi connectivity index (χ2v) is 8.50. The summed E-state index contributed by atoms with van der Waals surface area (Å²) in [7, 11) is 0. The lowest BCUT2D eigenvalue weighted by Gasteiger charge is -2.24. The van der Waals surface area contributed by atoms with Gasteiger partial charge in [0, 0.05) is 28.2 Å². The molecule has 1 atom stereocenters. The maximum absolute atomic E-state index is 13.1. The molecule has 1 aliphatic rings. The van der Waals surface area contributed by atoms with Gasteiger partial charge < -0.3 is 20.7 Å². The van der Waals surface area contributed by atoms with E-state index < -0.39 is 28.2 Å². The van der Waals surface area contributed by atoms with Crippen LogP contribution in [0.3, 0.4) is 0 Å². The van der Waals surface area contributed by atoms with E-state index in [9.17, 15) is 24.5 Å². The molecule has 186 valence electrons. The maximum Gasteiger partial charge on any atom is 0.273 e. The largest absolute Gasteiger partial charge is 0.491 e. The van der Waals surface area contributed by atoms with Crippen LogP contribution in [0, 0.1) is 10.1 Å². The van der Waals surface area contributed by atoms with Crippen molar-refractivity contribution in [3.8, 4) is 5.75 Å². The number of hydrogen-bond donors (Lipinski definition) is 4. The third kappa shape index (κ3) is 5.39. The van der Waals surface area contributed by atoms with Crippen LogP contribution in [-0.2, 0) is 9.59 Å². The van der Waals surface area contributed by atoms with Crippen molar-refractivity contribution in [2.24, 2.45) is 0 Å². The zero-order valence-electron chi connectivity index (χ0n) is 18.6. The molecule has 2 amide bonds. The molecule has 0 saturated heterocycles. The summed E-state index contributed by atoms with van der Waals surface area (Å²) >= 11 is 12.0. The fraction of sp³-hybridized carbons (Fsp3) is 0.182. The first-order valence-corrected chi connectivity index (χ1v) is 11.3. The van der Waals surface area contributed by atoms with Gasteiger partial charge in [-0.25, -0.2) is 0 Å². The SMILES string of the molecule is CCOc1cc([N+](=O)[O-])ccc1NC(=O)[C@H]1CC(=O)Nc2nc(Nc3cc(Cl)cc(Cl)c3)[nH]c(=O)c21. The number of hydrogen-bond acceptors (Lipinski definition) is 8. The van der Waals surface area contributed by atoms with Gasteiger partial charge in [-0.15, -0.1) is 0 Å². The number of nitro groups is 1. The molecule has 1 aromatic heterocycles. The number of halogens is 2. The van der Waals surface area contributed by atoms with Gasteiger partial charge in [0.1, 0.15) is 11.6 Å². The van der Waals surface area contributed by atoms with Gasteiger partial charge in [0.05, 0.1) is 34.8 Å². The van der Waals surface area contributed by atoms with Gasteiger partial charge in [0.2, 0.25) is 17.8 Å². The summed E-state index contributed by atoms with van der Waals surface area (Å²) in [5, 5.41) is 19.7. The van der Waals surface area contributed by atoms with Crippen molar-refractivity contribution in [2.75, 3.05) is 22.6 Å². The summed E-state index contributed by atoms with van der Waals surface area (Å²) in [6.45, 7) is 1.87. The average molecular weight is 533 g/mol. The molecule has 1 aliphatic heterocycles. The highest BCUT2D eigenvalue weighted by Gasteiger charge is 2.35. The molecule has 2 aromatic carbocycles. The highest BCUT2D eigenvalue weighted by molar-refractivity contribution is 6.35. The Morgan fingerprint density at radius 3 is 2.61 bits per heavy atom. The molecule has 4 N–H and O–H groups in total. The Hall–Kier alpha value is -4.16. The van der Waals surface area contributed by atoms with Crippen molar-refractivity contribution >= 4 is 63.8 Å². The number of nitrogens with zero attached hydrogens (tertiary/aromatic N) is 2. The number of carbonyl (C=O) groups excluding carboxylic acids is 2. The Kier molecular flexibility index (Phi) is 7.08. The molecule has 4 rings (SSSR count). The second-order valence-electron chi connectivity index (χ2n) is 7.62. The van der Waals surface area contributed by atoms with E-state index in [0.717, 1.165) is 0 Å². The average Bonchev–Trinajstić information content (AvgIpc) is 2.78. The number of fused-ring (bicyclic) bond motifs is 1. The second kappa shape index (κ2) is 10.2. The molecular weight excluding hydrogens is 515 g/mol. The first-order chi connectivity index (χ1) is 17.1. The van der Waals surface area contributed by atoms with Gasteiger partial charge in [-0.1, -0.05) is 23.2 Å². The molecule has 2 heterocycles. The zero-order valence-corrected chi connectivity index (χ0v) is 20.1. The molecule has 14 heteroatoms. The van der Waals surface area contributed by atoms with Crippen LogP contribution >= 0.6 is 23.2 Å². The van der Waals surface area contributed by atoms with E-state index in [4.69, 9.17) is 27.9 Å². The molecule has 0 spiro atoms. The summed E-state index contributed by atoms with van der Waals surface area (Å²) in [5.74, 6) is -2.40. The highest BCUT2D eigenvalue weighted by atomic mass is 35.5. The van der Waals surface area contributed by atoms with Crippen LogP contribution in [0.5, 0.6) is 5.75 Å². The molecule has 12 nitrogen and oxygen atoms in total. The Morgan fingerprint density at radius 1 is 1.22 bits per heavy atom. The molecule has 0 bridgehead atoms. The van der Waals surface area contributed by atoms with E-state index in [0.29, 0.717) is 15.7 Å². The summed E-state index contributed by atoms with van der Waals surface area (Å²) in [4.78, 5) is 55.7. The van der Waals surface area contributed by atoms with Crippen LogP contribution in [0.15, 0.2) is 41.2 Å². The lowest BCUT2D eigenvalue weighted by Crippen LogP contribution is -2.36. The van der Waals surface area contributed by atoms with Crippen molar-refractivity contribution in [1.29, 1.82) is 0 Å². The topological polar surface area (TPSA) is 168 Å². The standard InChI is InChI=1S/C22H18Cl2N6O6/c1-2-36-16-8-13(30(34)35)3-4-15(16)26-20(32)14-9-17(31)27-19-18(14)21(33)29-22(28-19)25-12-6-10(23)5-11(24)7-12/h3-8,14H,2,9H2,1H3,(H,26,32)(H3,25,27,28,29,31,33)/t14-/m0/s1. The van der Waals surface area contributed by atoms with Crippen LogP contribution in [0.4, 0.5) is 28.8 Å². The number of ether oxygens (including phenoxy) is 1. The van der Waals surface area contributed by atoms with Crippen molar-refractivity contribution in [1.82, 2.24) is 9.97 Å². The van der Waals surface area contributed by atoms with Crippen LogP contribution in [0.1, 0.15) is 24.8 Å². The van der Waals surface area contributed by atoms with E-state index in [1.165, 1.54) is 24.3 Å². The number of nitro benzene ring substituents is 1. The number of aromatic amines is 1. The zero-order chi connectivity index (χ0) is 26.0. The molecule has 36 heavy (non-hydrogen) atoms. The fourth-order valence-corrected chi connectivity index (χ4v) is 4.17. The summed E-state index contributed by atoms with van der Waals surface area (Å²) < 4.78 is 5.41. The predicted molar refractivity (Wildman–Crippen MR) is 133 cm³/mol. The van der Waals surface area contributed by atoms with Crippen LogP contribution in [0.25, 0.3) is 0 Å². The van der Waals surface area contributed by atoms with Gasteiger partial charge in [-0.3, -0.25) is 29.5 Å². The molecule has 0 unspecified atom stereocenters. The molecule has 3 aromatic rings. The number of rotatable bonds is 7. The summed E-state index contributed by atoms with van der Waals surface area (Å²) in [6, 6.07) is 8.34. The third-order valence-electron chi connectivity index (χ3n) is 5.13. The highest BCUT2D eigenvalue weighted by Crippen LogP contribution is 2.34. The molecule has 0 fully saturated rings. The van der Waals surface area contributed by atoms with Gasteiger partial charge >= 0.3 is 0 Å². The summed E-state index contributed by atoms with van der Waals surface area (Å²) in [6.07, 6.45) is -0.308. The number of amides is 2. The number of carbonyl (C=O) groups is 2. The molecule has 0 aliphatic carbocycles. The van der Waals surface area contributed by atoms with Gasteiger partial charge in [0.15, 0.2) is 0 Å². The molecular formula is C22H18Cl2N6O6. The number of H-pyrrole nitrogens is 1. The number of benzene rings is 2. The first-order valence-electron chi connectivity index (χ1n) is 10.5. The van der Waals surface area contributed by atoms with Crippen molar-refractivity contribution in [3.63, 3.8) is 0 Å². The fourth-order valence-electron chi connectivity index (χ4n) is 3.64. The smallest absolute Gasteiger partial charge is 0.273 e. The quantitative estimate of drug-likeness (QED) is 0.259. The molecule has 0 saturated carbocycles. The van der Waals surface area contributed by atoms with Crippen LogP contribution in [0.2, 0.25) is 10.0 Å². The number of nitrogens with one attached hydrogen (secondary N) is 4. The Bertz CT molecular complexity index is 1420. The third-order valence-corrected chi connectivity index (χ3v) is 5.56. The van der Waals surface area contributed by atoms with Gasteiger partial charge in [-0.05, 0) is 31.2 Å². The monoisotopic (exact) mass is 532 g/mol. The van der Waals surface area contributed by atoms with Gasteiger partial charge in [-0.2, -0.15) is 4.98 Å². The van der Waals surface area contributed by atoms with E-state index in [2.05, 4.69) is 25.9 Å². The predicted octanol–water partition coefficient (Wildman–Crippen LogP) is 4.19. The van der Waals surface area contributed by atoms with E-state index in [-0.39, 0.29) is 47.5 Å². The lowest BCUT2D eigenvalue weighted by molar-refractivity contribution is -0.384. The lowest BCUT2D eigenvalue weighted by atomic mass is 9.92. The van der Waals surface area contributed by atoms with Crippen molar-refractivity contribution in [2.45, 2.75) is 19.3 Å². The minimum Gasteiger partial charge on any atom is -0.491 e. The number of aromatic nitrogens is 2. The van der Waals surface area contributed by atoms with Gasteiger partial charge in [0.25, 0.3) is 11.2 Å². The van der Waals surface area contributed by atoms with Crippen LogP contribution < -0.4 is 26.2 Å². The Labute approximate surface area is 213 Å².